The standard InChI is InChI=1S/C14H11ClF3N3O4S/c15-7-1-4-12(26(23)24)11(5-7)20-21-13(22)9-6-8(2-3-10(9)19)25-14(16,17)18/h1-6,20H,19H2,(H,21,22)(H,23,24). The van der Waals surface area contributed by atoms with Gasteiger partial charge in [0.1, 0.15) is 5.75 Å². The normalized spacial score (nSPS) is 12.3. The van der Waals surface area contributed by atoms with Gasteiger partial charge in [-0.25, -0.2) is 4.21 Å². The van der Waals surface area contributed by atoms with Crippen LogP contribution >= 0.6 is 11.6 Å². The molecule has 0 aliphatic rings. The van der Waals surface area contributed by atoms with Gasteiger partial charge in [-0.2, -0.15) is 0 Å². The highest BCUT2D eigenvalue weighted by atomic mass is 35.5. The van der Waals surface area contributed by atoms with E-state index < -0.39 is 29.1 Å². The number of rotatable bonds is 5. The summed E-state index contributed by atoms with van der Waals surface area (Å²) in [6.45, 7) is 0. The summed E-state index contributed by atoms with van der Waals surface area (Å²) in [4.78, 5) is 12.1. The van der Waals surface area contributed by atoms with E-state index in [1.54, 1.807) is 0 Å². The lowest BCUT2D eigenvalue weighted by Gasteiger charge is -2.14. The quantitative estimate of drug-likeness (QED) is 0.343. The van der Waals surface area contributed by atoms with Crippen LogP contribution in [0.1, 0.15) is 10.4 Å². The van der Waals surface area contributed by atoms with Gasteiger partial charge in [-0.05, 0) is 36.4 Å². The van der Waals surface area contributed by atoms with E-state index in [9.17, 15) is 26.7 Å². The van der Waals surface area contributed by atoms with Gasteiger partial charge >= 0.3 is 6.36 Å². The fourth-order valence-corrected chi connectivity index (χ4v) is 2.53. The summed E-state index contributed by atoms with van der Waals surface area (Å²) in [5.74, 6) is -1.53. The van der Waals surface area contributed by atoms with E-state index in [0.29, 0.717) is 0 Å². The molecule has 2 rings (SSSR count). The van der Waals surface area contributed by atoms with Crippen molar-refractivity contribution in [1.29, 1.82) is 0 Å². The Morgan fingerprint density at radius 1 is 1.23 bits per heavy atom. The number of nitrogen functional groups attached to an aromatic ring is 1. The van der Waals surface area contributed by atoms with E-state index in [1.165, 1.54) is 18.2 Å². The number of anilines is 2. The van der Waals surface area contributed by atoms with Gasteiger partial charge in [0, 0.05) is 10.7 Å². The summed E-state index contributed by atoms with van der Waals surface area (Å²) >= 11 is 3.42. The summed E-state index contributed by atoms with van der Waals surface area (Å²) in [6, 6.07) is 6.74. The van der Waals surface area contributed by atoms with Crippen LogP contribution < -0.4 is 21.3 Å². The third-order valence-electron chi connectivity index (χ3n) is 2.94. The average molecular weight is 410 g/mol. The van der Waals surface area contributed by atoms with Crippen LogP contribution in [0.25, 0.3) is 0 Å². The van der Waals surface area contributed by atoms with Crippen LogP contribution in [0.4, 0.5) is 24.5 Å². The smallest absolute Gasteiger partial charge is 0.406 e. The highest BCUT2D eigenvalue weighted by molar-refractivity contribution is 7.79. The maximum absolute atomic E-state index is 12.3. The molecule has 1 unspecified atom stereocenters. The first-order chi connectivity index (χ1) is 12.1. The molecule has 26 heavy (non-hydrogen) atoms. The minimum Gasteiger partial charge on any atom is -0.406 e. The lowest BCUT2D eigenvalue weighted by molar-refractivity contribution is -0.274. The molecule has 0 saturated carbocycles. The Morgan fingerprint density at radius 3 is 2.54 bits per heavy atom. The molecule has 0 saturated heterocycles. The largest absolute Gasteiger partial charge is 0.573 e. The van der Waals surface area contributed by atoms with Crippen molar-refractivity contribution >= 4 is 40.0 Å². The Bertz CT molecular complexity index is 864. The van der Waals surface area contributed by atoms with Crippen LogP contribution in [-0.2, 0) is 11.1 Å². The van der Waals surface area contributed by atoms with Crippen molar-refractivity contribution in [1.82, 2.24) is 5.43 Å². The molecule has 12 heteroatoms. The van der Waals surface area contributed by atoms with Gasteiger partial charge in [-0.1, -0.05) is 11.6 Å². The summed E-state index contributed by atoms with van der Waals surface area (Å²) < 4.78 is 61.0. The molecule has 0 bridgehead atoms. The van der Waals surface area contributed by atoms with E-state index in [2.05, 4.69) is 15.6 Å². The second-order valence-electron chi connectivity index (χ2n) is 4.77. The summed E-state index contributed by atoms with van der Waals surface area (Å²) in [5.41, 5.74) is 9.74. The van der Waals surface area contributed by atoms with E-state index >= 15 is 0 Å². The molecular weight excluding hydrogens is 399 g/mol. The fraction of sp³-hybridized carbons (Fsp3) is 0.0714. The number of halogens is 4. The third kappa shape index (κ3) is 5.25. The molecule has 2 aromatic rings. The Morgan fingerprint density at radius 2 is 1.92 bits per heavy atom. The molecule has 0 heterocycles. The minimum absolute atomic E-state index is 0.0213. The zero-order valence-electron chi connectivity index (χ0n) is 12.6. The minimum atomic E-state index is -4.93. The molecule has 0 aromatic heterocycles. The van der Waals surface area contributed by atoms with E-state index in [0.717, 1.165) is 18.2 Å². The summed E-state index contributed by atoms with van der Waals surface area (Å²) in [6.07, 6.45) is -4.93. The van der Waals surface area contributed by atoms with Gasteiger partial charge in [0.25, 0.3) is 5.91 Å². The maximum atomic E-state index is 12.3. The van der Waals surface area contributed by atoms with Gasteiger partial charge in [-0.3, -0.25) is 15.6 Å². The van der Waals surface area contributed by atoms with Gasteiger partial charge < -0.3 is 15.0 Å². The zero-order valence-corrected chi connectivity index (χ0v) is 14.2. The number of amides is 1. The Labute approximate surface area is 152 Å². The number of nitrogens with one attached hydrogen (secondary N) is 2. The topological polar surface area (TPSA) is 114 Å². The molecule has 0 radical (unpaired) electrons. The first-order valence-electron chi connectivity index (χ1n) is 6.69. The third-order valence-corrected chi connectivity index (χ3v) is 3.91. The maximum Gasteiger partial charge on any atom is 0.573 e. The average Bonchev–Trinajstić information content (AvgIpc) is 2.52. The number of hydrogen-bond donors (Lipinski definition) is 4. The summed E-state index contributed by atoms with van der Waals surface area (Å²) in [7, 11) is 0. The lowest BCUT2D eigenvalue weighted by Crippen LogP contribution is -2.30. The highest BCUT2D eigenvalue weighted by Gasteiger charge is 2.31. The van der Waals surface area contributed by atoms with Crippen molar-refractivity contribution in [2.24, 2.45) is 0 Å². The van der Waals surface area contributed by atoms with E-state index in [1.807, 2.05) is 0 Å². The van der Waals surface area contributed by atoms with Crippen molar-refractivity contribution in [2.75, 3.05) is 11.2 Å². The van der Waals surface area contributed by atoms with Crippen molar-refractivity contribution in [3.8, 4) is 5.75 Å². The molecule has 5 N–H and O–H groups in total. The molecule has 7 nitrogen and oxygen atoms in total. The Balaban J connectivity index is 2.20. The first kappa shape index (κ1) is 19.8. The highest BCUT2D eigenvalue weighted by Crippen LogP contribution is 2.26. The van der Waals surface area contributed by atoms with Gasteiger partial charge in [0.15, 0.2) is 11.1 Å². The molecule has 0 fully saturated rings. The zero-order chi connectivity index (χ0) is 19.5. The number of carbonyl (C=O) groups is 1. The van der Waals surface area contributed by atoms with Crippen molar-refractivity contribution in [3.05, 3.63) is 47.0 Å². The monoisotopic (exact) mass is 409 g/mol. The van der Waals surface area contributed by atoms with Crippen LogP contribution in [0.2, 0.25) is 5.02 Å². The van der Waals surface area contributed by atoms with Crippen LogP contribution in [0.15, 0.2) is 41.3 Å². The molecule has 0 aliphatic carbocycles. The number of benzene rings is 2. The van der Waals surface area contributed by atoms with Crippen LogP contribution in [0.3, 0.4) is 0 Å². The van der Waals surface area contributed by atoms with E-state index in [-0.39, 0.29) is 26.9 Å². The van der Waals surface area contributed by atoms with Crippen molar-refractivity contribution in [2.45, 2.75) is 11.3 Å². The SMILES string of the molecule is Nc1ccc(OC(F)(F)F)cc1C(=O)NNc1cc(Cl)ccc1S(=O)O. The predicted molar refractivity (Wildman–Crippen MR) is 89.1 cm³/mol. The second-order valence-corrected chi connectivity index (χ2v) is 6.14. The van der Waals surface area contributed by atoms with Crippen molar-refractivity contribution in [3.63, 3.8) is 0 Å². The van der Waals surface area contributed by atoms with Gasteiger partial charge in [0.05, 0.1) is 16.1 Å². The van der Waals surface area contributed by atoms with Gasteiger partial charge in [-0.15, -0.1) is 13.2 Å². The molecule has 140 valence electrons. The van der Waals surface area contributed by atoms with Crippen LogP contribution in [0.5, 0.6) is 5.75 Å². The number of nitrogens with two attached hydrogens (primary N) is 1. The van der Waals surface area contributed by atoms with Crippen molar-refractivity contribution < 1.29 is 31.5 Å². The van der Waals surface area contributed by atoms with Crippen LogP contribution in [0, 0.1) is 0 Å². The molecule has 1 atom stereocenters. The molecule has 0 spiro atoms. The molecule has 1 amide bonds. The fourth-order valence-electron chi connectivity index (χ4n) is 1.87. The second kappa shape index (κ2) is 7.81. The summed E-state index contributed by atoms with van der Waals surface area (Å²) in [5, 5.41) is 0.219. The van der Waals surface area contributed by atoms with E-state index in [4.69, 9.17) is 17.3 Å². The Hall–Kier alpha value is -2.50. The number of alkyl halides is 3. The molecule has 0 aliphatic heterocycles. The first-order valence-corrected chi connectivity index (χ1v) is 8.17. The van der Waals surface area contributed by atoms with Crippen LogP contribution in [-0.4, -0.2) is 21.0 Å². The van der Waals surface area contributed by atoms with Gasteiger partial charge in [0.2, 0.25) is 0 Å². The number of hydrazine groups is 1. The number of carbonyl (C=O) groups excluding carboxylic acids is 1. The number of hydrogen-bond acceptors (Lipinski definition) is 5. The number of ether oxygens (including phenoxy) is 1. The Kier molecular flexibility index (Phi) is 5.95. The molecule has 2 aromatic carbocycles. The lowest BCUT2D eigenvalue weighted by atomic mass is 10.1. The predicted octanol–water partition coefficient (Wildman–Crippen LogP) is 3.16. The molecular formula is C14H11ClF3N3O4S.